The Kier molecular flexibility index (Phi) is 8.78. The summed E-state index contributed by atoms with van der Waals surface area (Å²) in [6.07, 6.45) is 10.6. The summed E-state index contributed by atoms with van der Waals surface area (Å²) in [7, 11) is -1.61. The molecule has 2 aromatic carbocycles. The lowest BCUT2D eigenvalue weighted by atomic mass is 9.91. The molecule has 0 radical (unpaired) electrons. The maximum Gasteiger partial charge on any atom is 0.296 e. The number of nitrogens with zero attached hydrogens (tertiary/aromatic N) is 4. The molecule has 0 N–H and O–H groups in total. The third-order valence-corrected chi connectivity index (χ3v) is 10.6. The molecule has 10 heteroatoms. The van der Waals surface area contributed by atoms with E-state index in [1.807, 2.05) is 37.6 Å². The Morgan fingerprint density at radius 1 is 0.848 bits per heavy atom. The van der Waals surface area contributed by atoms with Crippen LogP contribution in [-0.4, -0.2) is 72.4 Å². The fourth-order valence-electron chi connectivity index (χ4n) is 6.52. The molecule has 9 nitrogen and oxygen atoms in total. The summed E-state index contributed by atoms with van der Waals surface area (Å²) in [5.41, 5.74) is 5.53. The monoisotopic (exact) mass is 640 g/mol. The molecule has 7 rings (SSSR count). The van der Waals surface area contributed by atoms with Crippen LogP contribution in [0.25, 0.3) is 32.9 Å². The Morgan fingerprint density at radius 2 is 1.63 bits per heavy atom. The predicted octanol–water partition coefficient (Wildman–Crippen LogP) is 6.28. The fraction of sp³-hybridized carbons (Fsp3) is 0.389. The van der Waals surface area contributed by atoms with Gasteiger partial charge in [-0.2, -0.15) is 8.42 Å². The second kappa shape index (κ2) is 13.1. The Labute approximate surface area is 270 Å². The quantitative estimate of drug-likeness (QED) is 0.123. The molecule has 2 aliphatic rings. The number of ether oxygens (including phenoxy) is 2. The van der Waals surface area contributed by atoms with E-state index < -0.39 is 10.1 Å². The largest absolute Gasteiger partial charge is 0.474 e. The Balaban J connectivity index is 0.815. The second-order valence-electron chi connectivity index (χ2n) is 12.5. The third kappa shape index (κ3) is 6.66. The molecule has 1 saturated carbocycles. The van der Waals surface area contributed by atoms with Crippen LogP contribution in [0.15, 0.2) is 84.1 Å². The Morgan fingerprint density at radius 3 is 2.39 bits per heavy atom. The number of aryl methyl sites for hydroxylation is 2. The topological polar surface area (TPSA) is 95.8 Å². The Bertz CT molecular complexity index is 1910. The van der Waals surface area contributed by atoms with E-state index in [0.717, 1.165) is 67.4 Å². The molecular weight excluding hydrogens is 600 g/mol. The van der Waals surface area contributed by atoms with Gasteiger partial charge in [0.1, 0.15) is 6.10 Å². The van der Waals surface area contributed by atoms with Gasteiger partial charge in [-0.05, 0) is 62.1 Å². The van der Waals surface area contributed by atoms with E-state index in [2.05, 4.69) is 50.7 Å². The van der Waals surface area contributed by atoms with E-state index in [0.29, 0.717) is 12.3 Å². The van der Waals surface area contributed by atoms with Crippen molar-refractivity contribution < 1.29 is 22.1 Å². The van der Waals surface area contributed by atoms with Gasteiger partial charge in [0, 0.05) is 86.0 Å². The number of pyridine rings is 2. The molecule has 0 unspecified atom stereocenters. The summed E-state index contributed by atoms with van der Waals surface area (Å²) in [4.78, 5) is 11.5. The summed E-state index contributed by atoms with van der Waals surface area (Å²) in [5.74, 6) is 0.646. The molecule has 46 heavy (non-hydrogen) atoms. The van der Waals surface area contributed by atoms with Crippen molar-refractivity contribution in [1.29, 1.82) is 0 Å². The second-order valence-corrected chi connectivity index (χ2v) is 14.1. The molecule has 1 aliphatic carbocycles. The molecule has 4 heterocycles. The average molecular weight is 641 g/mol. The first-order chi connectivity index (χ1) is 22.3. The SMILES string of the molecule is Cc1ccc(S(=O)(=O)OCCCN2CCC(OC3CC(Oc4ccc(-c5ccc6c7cnccc7n(C)c6c5)cn4)C3)CC2)cc1. The van der Waals surface area contributed by atoms with E-state index in [4.69, 9.17) is 13.7 Å². The van der Waals surface area contributed by atoms with Crippen LogP contribution in [0.2, 0.25) is 0 Å². The van der Waals surface area contributed by atoms with Gasteiger partial charge in [-0.25, -0.2) is 4.98 Å². The lowest BCUT2D eigenvalue weighted by Crippen LogP contribution is -2.44. The van der Waals surface area contributed by atoms with Crippen molar-refractivity contribution in [2.45, 2.75) is 62.2 Å². The number of hydrogen-bond acceptors (Lipinski definition) is 8. The number of hydrogen-bond donors (Lipinski definition) is 0. The van der Waals surface area contributed by atoms with Crippen molar-refractivity contribution in [3.63, 3.8) is 0 Å². The number of fused-ring (bicyclic) bond motifs is 3. The first kappa shape index (κ1) is 30.8. The average Bonchev–Trinajstić information content (AvgIpc) is 3.34. The highest BCUT2D eigenvalue weighted by molar-refractivity contribution is 7.86. The van der Waals surface area contributed by atoms with Crippen LogP contribution >= 0.6 is 0 Å². The van der Waals surface area contributed by atoms with Crippen molar-refractivity contribution in [2.24, 2.45) is 7.05 Å². The number of rotatable bonds is 11. The Hall–Kier alpha value is -3.83. The van der Waals surface area contributed by atoms with Crippen LogP contribution in [0.5, 0.6) is 5.88 Å². The van der Waals surface area contributed by atoms with E-state index in [1.54, 1.807) is 24.3 Å². The molecule has 2 fully saturated rings. The molecule has 240 valence electrons. The molecule has 1 saturated heterocycles. The van der Waals surface area contributed by atoms with Gasteiger partial charge in [-0.15, -0.1) is 0 Å². The van der Waals surface area contributed by atoms with E-state index in [1.165, 1.54) is 16.4 Å². The zero-order valence-corrected chi connectivity index (χ0v) is 27.2. The van der Waals surface area contributed by atoms with Crippen LogP contribution in [0.1, 0.15) is 37.7 Å². The van der Waals surface area contributed by atoms with Crippen LogP contribution in [-0.2, 0) is 26.1 Å². The van der Waals surface area contributed by atoms with Crippen LogP contribution in [0.3, 0.4) is 0 Å². The van der Waals surface area contributed by atoms with Crippen molar-refractivity contribution in [3.8, 4) is 17.0 Å². The fourth-order valence-corrected chi connectivity index (χ4v) is 7.46. The van der Waals surface area contributed by atoms with Gasteiger partial charge in [0.15, 0.2) is 0 Å². The van der Waals surface area contributed by atoms with Crippen molar-refractivity contribution in [2.75, 3.05) is 26.2 Å². The van der Waals surface area contributed by atoms with Gasteiger partial charge in [-0.1, -0.05) is 29.8 Å². The third-order valence-electron chi connectivity index (χ3n) is 9.30. The van der Waals surface area contributed by atoms with Crippen molar-refractivity contribution >= 4 is 31.9 Å². The van der Waals surface area contributed by atoms with E-state index in [-0.39, 0.29) is 29.8 Å². The van der Waals surface area contributed by atoms with Crippen molar-refractivity contribution in [3.05, 3.63) is 84.8 Å². The maximum atomic E-state index is 12.4. The highest BCUT2D eigenvalue weighted by atomic mass is 32.2. The van der Waals surface area contributed by atoms with Crippen molar-refractivity contribution in [1.82, 2.24) is 19.4 Å². The van der Waals surface area contributed by atoms with Crippen LogP contribution in [0, 0.1) is 6.92 Å². The zero-order chi connectivity index (χ0) is 31.7. The molecule has 5 aromatic rings. The smallest absolute Gasteiger partial charge is 0.296 e. The van der Waals surface area contributed by atoms with Crippen LogP contribution in [0.4, 0.5) is 0 Å². The highest BCUT2D eigenvalue weighted by Gasteiger charge is 2.34. The summed E-state index contributed by atoms with van der Waals surface area (Å²) in [6, 6.07) is 19.3. The minimum Gasteiger partial charge on any atom is -0.474 e. The lowest BCUT2D eigenvalue weighted by Gasteiger charge is -2.39. The van der Waals surface area contributed by atoms with Gasteiger partial charge in [0.05, 0.1) is 29.2 Å². The minimum absolute atomic E-state index is 0.125. The number of aromatic nitrogens is 3. The molecule has 0 atom stereocenters. The van der Waals surface area contributed by atoms with E-state index >= 15 is 0 Å². The lowest BCUT2D eigenvalue weighted by molar-refractivity contribution is -0.111. The molecule has 0 amide bonds. The van der Waals surface area contributed by atoms with Gasteiger partial charge in [-0.3, -0.25) is 9.17 Å². The molecular formula is C36H40N4O5S. The maximum absolute atomic E-state index is 12.4. The predicted molar refractivity (Wildman–Crippen MR) is 178 cm³/mol. The normalized spacial score (nSPS) is 19.4. The number of piperidine rings is 1. The standard InChI is InChI=1S/C36H40N4O5S/c1-25-4-8-31(9-5-25)46(41,42)43-19-3-16-40-17-13-28(14-18-40)44-29-21-30(22-29)45-36-11-7-27(23-38-36)26-6-10-32-33-24-37-15-12-34(33)39(2)35(32)20-26/h4-12,15,20,23-24,28-30H,3,13-14,16-19,21-22H2,1-2H3. The molecule has 1 aliphatic heterocycles. The van der Waals surface area contributed by atoms with E-state index in [9.17, 15) is 8.42 Å². The first-order valence-electron chi connectivity index (χ1n) is 16.1. The summed E-state index contributed by atoms with van der Waals surface area (Å²) in [5, 5.41) is 2.36. The van der Waals surface area contributed by atoms with Crippen LogP contribution < -0.4 is 4.74 Å². The summed E-state index contributed by atoms with van der Waals surface area (Å²) in [6.45, 7) is 4.82. The van der Waals surface area contributed by atoms with Gasteiger partial charge < -0.3 is 18.9 Å². The van der Waals surface area contributed by atoms with Gasteiger partial charge >= 0.3 is 0 Å². The highest BCUT2D eigenvalue weighted by Crippen LogP contribution is 2.33. The molecule has 3 aromatic heterocycles. The molecule has 0 spiro atoms. The summed E-state index contributed by atoms with van der Waals surface area (Å²) < 4.78 is 44.7. The number of likely N-dealkylation sites (tertiary alicyclic amines) is 1. The van der Waals surface area contributed by atoms with Gasteiger partial charge in [0.2, 0.25) is 5.88 Å². The first-order valence-corrected chi connectivity index (χ1v) is 17.5. The number of benzene rings is 2. The van der Waals surface area contributed by atoms with Gasteiger partial charge in [0.25, 0.3) is 10.1 Å². The summed E-state index contributed by atoms with van der Waals surface area (Å²) >= 11 is 0. The minimum atomic E-state index is -3.70. The molecule has 0 bridgehead atoms. The zero-order valence-electron chi connectivity index (χ0n) is 26.3.